The summed E-state index contributed by atoms with van der Waals surface area (Å²) >= 11 is 1.77. The maximum absolute atomic E-state index is 5.40. The van der Waals surface area contributed by atoms with Crippen LogP contribution in [0.3, 0.4) is 0 Å². The Labute approximate surface area is 84.5 Å². The van der Waals surface area contributed by atoms with Crippen LogP contribution in [-0.4, -0.2) is 12.9 Å². The zero-order valence-corrected chi connectivity index (χ0v) is 9.28. The first kappa shape index (κ1) is 10.6. The fourth-order valence-corrected chi connectivity index (χ4v) is 1.82. The predicted molar refractivity (Wildman–Crippen MR) is 58.3 cm³/mol. The molecule has 0 aromatic heterocycles. The van der Waals surface area contributed by atoms with Crippen LogP contribution in [-0.2, 0) is 11.3 Å². The van der Waals surface area contributed by atoms with Crippen molar-refractivity contribution in [3.05, 3.63) is 29.3 Å². The van der Waals surface area contributed by atoms with Crippen molar-refractivity contribution in [2.75, 3.05) is 12.9 Å². The number of thioether (sulfide) groups is 1. The maximum atomic E-state index is 5.40. The minimum Gasteiger partial charge on any atom is -0.377 e. The Morgan fingerprint density at radius 1 is 1.38 bits per heavy atom. The number of rotatable bonds is 4. The Morgan fingerprint density at radius 3 is 2.77 bits per heavy atom. The van der Waals surface area contributed by atoms with Gasteiger partial charge in [-0.05, 0) is 31.7 Å². The molecule has 0 saturated carbocycles. The lowest BCUT2D eigenvalue weighted by molar-refractivity contribution is 0.132. The Bertz CT molecular complexity index is 271. The van der Waals surface area contributed by atoms with Crippen LogP contribution in [0.1, 0.15) is 18.1 Å². The van der Waals surface area contributed by atoms with Crippen molar-refractivity contribution in [3.8, 4) is 0 Å². The van der Waals surface area contributed by atoms with Crippen molar-refractivity contribution in [2.45, 2.75) is 25.3 Å². The average molecular weight is 196 g/mol. The van der Waals surface area contributed by atoms with E-state index in [1.807, 2.05) is 6.92 Å². The van der Waals surface area contributed by atoms with Gasteiger partial charge in [-0.2, -0.15) is 0 Å². The van der Waals surface area contributed by atoms with Crippen molar-refractivity contribution < 1.29 is 4.74 Å². The quantitative estimate of drug-likeness (QED) is 0.684. The van der Waals surface area contributed by atoms with Crippen LogP contribution in [0, 0.1) is 6.92 Å². The lowest BCUT2D eigenvalue weighted by Gasteiger charge is -2.08. The molecule has 72 valence electrons. The van der Waals surface area contributed by atoms with E-state index in [1.54, 1.807) is 11.8 Å². The number of benzene rings is 1. The summed E-state index contributed by atoms with van der Waals surface area (Å²) in [5.74, 6) is 0. The number of hydrogen-bond donors (Lipinski definition) is 0. The summed E-state index contributed by atoms with van der Waals surface area (Å²) in [7, 11) is 0. The molecule has 0 aliphatic heterocycles. The summed E-state index contributed by atoms with van der Waals surface area (Å²) < 4.78 is 5.40. The van der Waals surface area contributed by atoms with E-state index in [0.717, 1.165) is 13.2 Å². The molecule has 0 fully saturated rings. The maximum Gasteiger partial charge on any atom is 0.0727 e. The fraction of sp³-hybridized carbons (Fsp3) is 0.455. The standard InChI is InChI=1S/C11H16OS/c1-4-12-8-10-7-9(2)5-6-11(10)13-3/h5-7H,4,8H2,1-3H3. The van der Waals surface area contributed by atoms with E-state index in [0.29, 0.717) is 0 Å². The van der Waals surface area contributed by atoms with Gasteiger partial charge < -0.3 is 4.74 Å². The second-order valence-corrected chi connectivity index (χ2v) is 3.80. The molecule has 0 atom stereocenters. The molecular formula is C11H16OS. The number of ether oxygens (including phenoxy) is 1. The van der Waals surface area contributed by atoms with Gasteiger partial charge in [0.05, 0.1) is 6.61 Å². The van der Waals surface area contributed by atoms with Crippen molar-refractivity contribution in [1.82, 2.24) is 0 Å². The summed E-state index contributed by atoms with van der Waals surface area (Å²) in [5, 5.41) is 0. The molecule has 0 aliphatic carbocycles. The molecule has 1 aromatic carbocycles. The lowest BCUT2D eigenvalue weighted by atomic mass is 10.1. The normalized spacial score (nSPS) is 10.4. The lowest BCUT2D eigenvalue weighted by Crippen LogP contribution is -1.94. The van der Waals surface area contributed by atoms with Crippen LogP contribution in [0.15, 0.2) is 23.1 Å². The van der Waals surface area contributed by atoms with Gasteiger partial charge in [-0.15, -0.1) is 11.8 Å². The molecule has 1 nitrogen and oxygen atoms in total. The number of aryl methyl sites for hydroxylation is 1. The largest absolute Gasteiger partial charge is 0.377 e. The highest BCUT2D eigenvalue weighted by Gasteiger charge is 2.00. The van der Waals surface area contributed by atoms with Crippen molar-refractivity contribution in [1.29, 1.82) is 0 Å². The number of hydrogen-bond acceptors (Lipinski definition) is 2. The van der Waals surface area contributed by atoms with Crippen LogP contribution in [0.2, 0.25) is 0 Å². The molecule has 0 unspecified atom stereocenters. The highest BCUT2D eigenvalue weighted by molar-refractivity contribution is 7.98. The van der Waals surface area contributed by atoms with Gasteiger partial charge in [-0.1, -0.05) is 17.7 Å². The molecule has 1 aromatic rings. The first-order valence-electron chi connectivity index (χ1n) is 4.49. The van der Waals surface area contributed by atoms with Crippen LogP contribution < -0.4 is 0 Å². The molecule has 0 heterocycles. The van der Waals surface area contributed by atoms with E-state index in [-0.39, 0.29) is 0 Å². The van der Waals surface area contributed by atoms with Crippen LogP contribution >= 0.6 is 11.8 Å². The summed E-state index contributed by atoms with van der Waals surface area (Å²) in [6.07, 6.45) is 2.10. The Hall–Kier alpha value is -0.470. The topological polar surface area (TPSA) is 9.23 Å². The minimum atomic E-state index is 0.731. The summed E-state index contributed by atoms with van der Waals surface area (Å²) in [5.41, 5.74) is 2.60. The second-order valence-electron chi connectivity index (χ2n) is 2.95. The molecule has 0 aliphatic rings. The van der Waals surface area contributed by atoms with E-state index in [1.165, 1.54) is 16.0 Å². The van der Waals surface area contributed by atoms with Crippen molar-refractivity contribution in [2.24, 2.45) is 0 Å². The van der Waals surface area contributed by atoms with Crippen molar-refractivity contribution >= 4 is 11.8 Å². The average Bonchev–Trinajstić information content (AvgIpc) is 2.15. The van der Waals surface area contributed by atoms with Crippen molar-refractivity contribution in [3.63, 3.8) is 0 Å². The molecule has 0 amide bonds. The zero-order valence-electron chi connectivity index (χ0n) is 8.46. The molecule has 2 heteroatoms. The van der Waals surface area contributed by atoms with Gasteiger partial charge >= 0.3 is 0 Å². The van der Waals surface area contributed by atoms with Crippen LogP contribution in [0.25, 0.3) is 0 Å². The third-order valence-corrected chi connectivity index (χ3v) is 2.74. The molecule has 0 N–H and O–H groups in total. The van der Waals surface area contributed by atoms with Gasteiger partial charge in [0.25, 0.3) is 0 Å². The Kier molecular flexibility index (Phi) is 4.33. The van der Waals surface area contributed by atoms with Gasteiger partial charge in [0.15, 0.2) is 0 Å². The van der Waals surface area contributed by atoms with E-state index in [4.69, 9.17) is 4.74 Å². The van der Waals surface area contributed by atoms with Gasteiger partial charge in [0.2, 0.25) is 0 Å². The van der Waals surface area contributed by atoms with E-state index in [2.05, 4.69) is 31.4 Å². The van der Waals surface area contributed by atoms with E-state index < -0.39 is 0 Å². The Balaban J connectivity index is 2.81. The SMILES string of the molecule is CCOCc1cc(C)ccc1SC. The monoisotopic (exact) mass is 196 g/mol. The molecule has 0 spiro atoms. The molecule has 13 heavy (non-hydrogen) atoms. The van der Waals surface area contributed by atoms with Gasteiger partial charge in [-0.3, -0.25) is 0 Å². The highest BCUT2D eigenvalue weighted by Crippen LogP contribution is 2.22. The van der Waals surface area contributed by atoms with Crippen LogP contribution in [0.4, 0.5) is 0 Å². The first-order valence-corrected chi connectivity index (χ1v) is 5.71. The van der Waals surface area contributed by atoms with E-state index >= 15 is 0 Å². The molecule has 1 rings (SSSR count). The second kappa shape index (κ2) is 5.30. The zero-order chi connectivity index (χ0) is 9.68. The van der Waals surface area contributed by atoms with Gasteiger partial charge in [0.1, 0.15) is 0 Å². The molecular weight excluding hydrogens is 180 g/mol. The minimum absolute atomic E-state index is 0.731. The van der Waals surface area contributed by atoms with E-state index in [9.17, 15) is 0 Å². The molecule has 0 saturated heterocycles. The Morgan fingerprint density at radius 2 is 2.15 bits per heavy atom. The third kappa shape index (κ3) is 3.05. The highest BCUT2D eigenvalue weighted by atomic mass is 32.2. The van der Waals surface area contributed by atoms with Crippen LogP contribution in [0.5, 0.6) is 0 Å². The summed E-state index contributed by atoms with van der Waals surface area (Å²) in [6, 6.07) is 6.50. The molecule has 0 bridgehead atoms. The third-order valence-electron chi connectivity index (χ3n) is 1.90. The van der Waals surface area contributed by atoms with Gasteiger partial charge in [0, 0.05) is 11.5 Å². The first-order chi connectivity index (χ1) is 6.27. The summed E-state index contributed by atoms with van der Waals surface area (Å²) in [4.78, 5) is 1.32. The smallest absolute Gasteiger partial charge is 0.0727 e. The van der Waals surface area contributed by atoms with Gasteiger partial charge in [-0.25, -0.2) is 0 Å². The summed E-state index contributed by atoms with van der Waals surface area (Å²) in [6.45, 7) is 5.64. The predicted octanol–water partition coefficient (Wildman–Crippen LogP) is 3.25. The fourth-order valence-electron chi connectivity index (χ4n) is 1.23. The molecule has 0 radical (unpaired) electrons.